The monoisotopic (exact) mass is 200 g/mol. The van der Waals surface area contributed by atoms with Gasteiger partial charge in [0.2, 0.25) is 0 Å². The Hall–Kier alpha value is -0.120. The number of β-amino-alcohol motifs (C(OH)–C–C–N with tert-alkyl or cyclic N) is 1. The molecule has 1 atom stereocenters. The van der Waals surface area contributed by atoms with Crippen LogP contribution in [-0.4, -0.2) is 48.8 Å². The second-order valence-corrected chi connectivity index (χ2v) is 4.20. The lowest BCUT2D eigenvalue weighted by Gasteiger charge is -2.29. The second kappa shape index (κ2) is 7.21. The first kappa shape index (κ1) is 12.0. The topological polar surface area (TPSA) is 35.5 Å². The summed E-state index contributed by atoms with van der Waals surface area (Å²) in [6, 6.07) is 0. The van der Waals surface area contributed by atoms with Gasteiger partial charge in [-0.3, -0.25) is 0 Å². The van der Waals surface area contributed by atoms with Crippen molar-refractivity contribution in [3.8, 4) is 0 Å². The minimum absolute atomic E-state index is 0.0765. The zero-order valence-electron chi connectivity index (χ0n) is 9.34. The van der Waals surface area contributed by atoms with E-state index in [0.717, 1.165) is 39.0 Å². The highest BCUT2D eigenvalue weighted by atomic mass is 16.3. The number of nitrogens with zero attached hydrogens (tertiary/aromatic N) is 1. The number of piperidine rings is 1. The Morgan fingerprint density at radius 1 is 1.43 bits per heavy atom. The van der Waals surface area contributed by atoms with Crippen LogP contribution >= 0.6 is 0 Å². The van der Waals surface area contributed by atoms with E-state index in [1.54, 1.807) is 0 Å². The zero-order chi connectivity index (χ0) is 10.2. The number of nitrogens with one attached hydrogen (secondary N) is 1. The van der Waals surface area contributed by atoms with Gasteiger partial charge in [0.15, 0.2) is 0 Å². The van der Waals surface area contributed by atoms with Crippen LogP contribution in [0.5, 0.6) is 0 Å². The average Bonchev–Trinajstić information content (AvgIpc) is 2.18. The number of rotatable bonds is 6. The molecule has 14 heavy (non-hydrogen) atoms. The predicted molar refractivity (Wildman–Crippen MR) is 59.5 cm³/mol. The molecule has 0 spiro atoms. The highest BCUT2D eigenvalue weighted by molar-refractivity contribution is 4.71. The molecule has 1 heterocycles. The van der Waals surface area contributed by atoms with Crippen molar-refractivity contribution in [3.63, 3.8) is 0 Å². The standard InChI is InChI=1S/C11H24N2O/c1-2-6-12-7-4-9-13-8-3-5-11(14)10-13/h11-12,14H,2-10H2,1H3. The summed E-state index contributed by atoms with van der Waals surface area (Å²) in [7, 11) is 0. The Bertz CT molecular complexity index is 141. The summed E-state index contributed by atoms with van der Waals surface area (Å²) >= 11 is 0. The zero-order valence-corrected chi connectivity index (χ0v) is 9.34. The molecular formula is C11H24N2O. The van der Waals surface area contributed by atoms with E-state index in [1.165, 1.54) is 19.4 Å². The van der Waals surface area contributed by atoms with E-state index in [0.29, 0.717) is 0 Å². The summed E-state index contributed by atoms with van der Waals surface area (Å²) in [4.78, 5) is 2.38. The van der Waals surface area contributed by atoms with Gasteiger partial charge in [-0.25, -0.2) is 0 Å². The van der Waals surface area contributed by atoms with Gasteiger partial charge in [-0.15, -0.1) is 0 Å². The number of hydrogen-bond acceptors (Lipinski definition) is 3. The van der Waals surface area contributed by atoms with Crippen molar-refractivity contribution in [3.05, 3.63) is 0 Å². The van der Waals surface area contributed by atoms with Gasteiger partial charge < -0.3 is 15.3 Å². The molecule has 84 valence electrons. The van der Waals surface area contributed by atoms with Gasteiger partial charge in [0, 0.05) is 6.54 Å². The molecule has 0 bridgehead atoms. The van der Waals surface area contributed by atoms with Gasteiger partial charge in [0.1, 0.15) is 0 Å². The smallest absolute Gasteiger partial charge is 0.0667 e. The lowest BCUT2D eigenvalue weighted by Crippen LogP contribution is -2.39. The molecule has 1 fully saturated rings. The van der Waals surface area contributed by atoms with E-state index in [1.807, 2.05) is 0 Å². The van der Waals surface area contributed by atoms with Crippen LogP contribution < -0.4 is 5.32 Å². The Labute approximate surface area is 87.5 Å². The van der Waals surface area contributed by atoms with Crippen molar-refractivity contribution < 1.29 is 5.11 Å². The van der Waals surface area contributed by atoms with Gasteiger partial charge in [-0.1, -0.05) is 6.92 Å². The highest BCUT2D eigenvalue weighted by Crippen LogP contribution is 2.09. The molecule has 0 saturated carbocycles. The predicted octanol–water partition coefficient (Wildman–Crippen LogP) is 0.833. The van der Waals surface area contributed by atoms with Crippen molar-refractivity contribution in [1.29, 1.82) is 0 Å². The first-order valence-electron chi connectivity index (χ1n) is 5.94. The SMILES string of the molecule is CCCNCCCN1CCCC(O)C1. The van der Waals surface area contributed by atoms with Crippen molar-refractivity contribution in [2.24, 2.45) is 0 Å². The fourth-order valence-electron chi connectivity index (χ4n) is 1.96. The number of likely N-dealkylation sites (tertiary alicyclic amines) is 1. The van der Waals surface area contributed by atoms with Gasteiger partial charge in [0.25, 0.3) is 0 Å². The first-order valence-corrected chi connectivity index (χ1v) is 5.94. The van der Waals surface area contributed by atoms with Crippen LogP contribution in [0.1, 0.15) is 32.6 Å². The fourth-order valence-corrected chi connectivity index (χ4v) is 1.96. The van der Waals surface area contributed by atoms with Gasteiger partial charge in [-0.2, -0.15) is 0 Å². The number of aliphatic hydroxyl groups excluding tert-OH is 1. The summed E-state index contributed by atoms with van der Waals surface area (Å²) in [6.45, 7) is 7.61. The molecule has 0 aliphatic carbocycles. The van der Waals surface area contributed by atoms with Gasteiger partial charge >= 0.3 is 0 Å². The van der Waals surface area contributed by atoms with Crippen LogP contribution in [0.25, 0.3) is 0 Å². The molecular weight excluding hydrogens is 176 g/mol. The molecule has 0 aromatic carbocycles. The summed E-state index contributed by atoms with van der Waals surface area (Å²) in [5, 5.41) is 12.9. The van der Waals surface area contributed by atoms with Gasteiger partial charge in [-0.05, 0) is 51.9 Å². The molecule has 0 aromatic heterocycles. The Balaban J connectivity index is 1.95. The third-order valence-corrected chi connectivity index (χ3v) is 2.74. The van der Waals surface area contributed by atoms with E-state index >= 15 is 0 Å². The quantitative estimate of drug-likeness (QED) is 0.624. The molecule has 3 nitrogen and oxygen atoms in total. The van der Waals surface area contributed by atoms with Crippen molar-refractivity contribution >= 4 is 0 Å². The molecule has 1 saturated heterocycles. The lowest BCUT2D eigenvalue weighted by atomic mass is 10.1. The third kappa shape index (κ3) is 4.94. The molecule has 0 aromatic rings. The van der Waals surface area contributed by atoms with Crippen LogP contribution in [0.3, 0.4) is 0 Å². The number of aliphatic hydroxyl groups is 1. The molecule has 0 amide bonds. The van der Waals surface area contributed by atoms with E-state index < -0.39 is 0 Å². The Morgan fingerprint density at radius 2 is 2.29 bits per heavy atom. The van der Waals surface area contributed by atoms with Crippen molar-refractivity contribution in [1.82, 2.24) is 10.2 Å². The molecule has 0 radical (unpaired) electrons. The van der Waals surface area contributed by atoms with E-state index in [2.05, 4.69) is 17.1 Å². The van der Waals surface area contributed by atoms with Gasteiger partial charge in [0.05, 0.1) is 6.10 Å². The maximum absolute atomic E-state index is 9.46. The van der Waals surface area contributed by atoms with E-state index in [-0.39, 0.29) is 6.10 Å². The minimum atomic E-state index is -0.0765. The van der Waals surface area contributed by atoms with Crippen LogP contribution in [0.4, 0.5) is 0 Å². The third-order valence-electron chi connectivity index (χ3n) is 2.74. The molecule has 1 aliphatic rings. The van der Waals surface area contributed by atoms with Crippen LogP contribution in [0.2, 0.25) is 0 Å². The Kier molecular flexibility index (Phi) is 6.15. The summed E-state index contributed by atoms with van der Waals surface area (Å²) in [5.41, 5.74) is 0. The largest absolute Gasteiger partial charge is 0.392 e. The molecule has 2 N–H and O–H groups in total. The average molecular weight is 200 g/mol. The van der Waals surface area contributed by atoms with Crippen LogP contribution in [0.15, 0.2) is 0 Å². The van der Waals surface area contributed by atoms with Crippen molar-refractivity contribution in [2.45, 2.75) is 38.7 Å². The first-order chi connectivity index (χ1) is 6.83. The lowest BCUT2D eigenvalue weighted by molar-refractivity contribution is 0.0702. The molecule has 1 rings (SSSR count). The summed E-state index contributed by atoms with van der Waals surface area (Å²) < 4.78 is 0. The van der Waals surface area contributed by atoms with Crippen LogP contribution in [-0.2, 0) is 0 Å². The normalized spacial score (nSPS) is 24.0. The number of hydrogen-bond donors (Lipinski definition) is 2. The maximum atomic E-state index is 9.46. The van der Waals surface area contributed by atoms with Crippen LogP contribution in [0, 0.1) is 0 Å². The molecule has 1 aliphatic heterocycles. The van der Waals surface area contributed by atoms with E-state index in [9.17, 15) is 5.11 Å². The highest BCUT2D eigenvalue weighted by Gasteiger charge is 2.16. The Morgan fingerprint density at radius 3 is 3.00 bits per heavy atom. The minimum Gasteiger partial charge on any atom is -0.392 e. The second-order valence-electron chi connectivity index (χ2n) is 4.20. The van der Waals surface area contributed by atoms with Crippen molar-refractivity contribution in [2.75, 3.05) is 32.7 Å². The van der Waals surface area contributed by atoms with E-state index in [4.69, 9.17) is 0 Å². The fraction of sp³-hybridized carbons (Fsp3) is 1.00. The molecule has 3 heteroatoms. The summed E-state index contributed by atoms with van der Waals surface area (Å²) in [6.07, 6.45) is 4.48. The maximum Gasteiger partial charge on any atom is 0.0667 e. The molecule has 1 unspecified atom stereocenters. The summed E-state index contributed by atoms with van der Waals surface area (Å²) in [5.74, 6) is 0.